The van der Waals surface area contributed by atoms with E-state index in [1.165, 1.54) is 6.42 Å². The van der Waals surface area contributed by atoms with Gasteiger partial charge in [0.2, 0.25) is 0 Å². The number of aliphatic hydroxyl groups excluding tert-OH is 1. The van der Waals surface area contributed by atoms with Gasteiger partial charge in [0.05, 0.1) is 36.6 Å². The highest BCUT2D eigenvalue weighted by molar-refractivity contribution is 8.17. The largest absolute Gasteiger partial charge is 0.497 e. The van der Waals surface area contributed by atoms with Crippen LogP contribution in [-0.4, -0.2) is 81.6 Å². The third kappa shape index (κ3) is 9.50. The Labute approximate surface area is 273 Å². The number of hydrogen-bond donors (Lipinski definition) is 1. The molecular weight excluding hydrogens is 613 g/mol. The van der Waals surface area contributed by atoms with E-state index in [1.54, 1.807) is 7.11 Å². The Hall–Kier alpha value is -0.0462. The molecule has 2 fully saturated rings. The van der Waals surface area contributed by atoms with Crippen molar-refractivity contribution in [3.8, 4) is 5.75 Å². The molecule has 3 rings (SSSR count). The van der Waals surface area contributed by atoms with Gasteiger partial charge in [-0.1, -0.05) is 53.7 Å². The molecule has 1 aromatic carbocycles. The topological polar surface area (TPSA) is 66.4 Å². The van der Waals surface area contributed by atoms with Crippen molar-refractivity contribution in [2.24, 2.45) is 0 Å². The van der Waals surface area contributed by atoms with Crippen molar-refractivity contribution in [2.75, 3.05) is 25.2 Å². The molecule has 2 heterocycles. The molecule has 2 aliphatic heterocycles. The standard InChI is InChI=1S/C33H60O6S2Si2/c1-31(2,3)42(9,10)37-19-18-26-27(39-43(11,12)32(4,5)6)22-28(36-23-24-14-16-25(35-8)17-15-24)33(7,38-26)29(34)30-40-20-13-21-41-30/h14-17,26-30,34H,13,18-23H2,1-12H3/t26-,27+,28-,29?,33-/m0/s1. The van der Waals surface area contributed by atoms with E-state index >= 15 is 0 Å². The van der Waals surface area contributed by atoms with E-state index in [0.29, 0.717) is 19.6 Å². The van der Waals surface area contributed by atoms with Gasteiger partial charge in [0, 0.05) is 13.0 Å². The summed E-state index contributed by atoms with van der Waals surface area (Å²) in [6, 6.07) is 7.99. The van der Waals surface area contributed by atoms with Gasteiger partial charge < -0.3 is 28.2 Å². The summed E-state index contributed by atoms with van der Waals surface area (Å²) in [6.45, 7) is 26.0. The fourth-order valence-corrected chi connectivity index (χ4v) is 10.6. The molecular formula is C33H60O6S2Si2. The van der Waals surface area contributed by atoms with Gasteiger partial charge >= 0.3 is 0 Å². The summed E-state index contributed by atoms with van der Waals surface area (Å²) >= 11 is 3.69. The predicted molar refractivity (Wildman–Crippen MR) is 189 cm³/mol. The summed E-state index contributed by atoms with van der Waals surface area (Å²) in [5.74, 6) is 2.94. The van der Waals surface area contributed by atoms with Gasteiger partial charge in [0.1, 0.15) is 17.5 Å². The molecule has 6 nitrogen and oxygen atoms in total. The van der Waals surface area contributed by atoms with Crippen LogP contribution in [0, 0.1) is 0 Å². The van der Waals surface area contributed by atoms with Crippen molar-refractivity contribution >= 4 is 40.2 Å². The summed E-state index contributed by atoms with van der Waals surface area (Å²) in [7, 11) is -2.37. The lowest BCUT2D eigenvalue weighted by atomic mass is 9.83. The molecule has 1 N–H and O–H groups in total. The minimum absolute atomic E-state index is 0.0489. The highest BCUT2D eigenvalue weighted by atomic mass is 32.2. The van der Waals surface area contributed by atoms with Crippen LogP contribution in [-0.2, 0) is 24.9 Å². The minimum Gasteiger partial charge on any atom is -0.497 e. The molecule has 1 aromatic rings. The molecule has 10 heteroatoms. The maximum atomic E-state index is 12.0. The zero-order valence-electron chi connectivity index (χ0n) is 29.0. The summed E-state index contributed by atoms with van der Waals surface area (Å²) in [5.41, 5.74) is 0.175. The van der Waals surface area contributed by atoms with Crippen LogP contribution in [0.3, 0.4) is 0 Å². The fourth-order valence-electron chi connectivity index (χ4n) is 5.02. The number of rotatable bonds is 12. The van der Waals surface area contributed by atoms with Crippen molar-refractivity contribution in [1.29, 1.82) is 0 Å². The molecule has 0 spiro atoms. The van der Waals surface area contributed by atoms with E-state index in [9.17, 15) is 5.11 Å². The second kappa shape index (κ2) is 14.8. The number of methoxy groups -OCH3 is 1. The molecule has 0 bridgehead atoms. The molecule has 2 aliphatic rings. The SMILES string of the molecule is COc1ccc(CO[C@H]2C[C@@H](O[Si](C)(C)C(C)(C)C)[C@H](CCO[Si](C)(C)C(C)(C)C)O[C@]2(C)C(O)C2SCCCS2)cc1. The summed E-state index contributed by atoms with van der Waals surface area (Å²) < 4.78 is 33.0. The van der Waals surface area contributed by atoms with Crippen molar-refractivity contribution in [3.63, 3.8) is 0 Å². The van der Waals surface area contributed by atoms with E-state index in [4.69, 9.17) is 23.1 Å². The van der Waals surface area contributed by atoms with Crippen molar-refractivity contribution in [2.45, 2.75) is 145 Å². The lowest BCUT2D eigenvalue weighted by Crippen LogP contribution is -2.65. The predicted octanol–water partition coefficient (Wildman–Crippen LogP) is 8.49. The van der Waals surface area contributed by atoms with Gasteiger partial charge in [-0.3, -0.25) is 0 Å². The lowest BCUT2D eigenvalue weighted by molar-refractivity contribution is -0.262. The first-order chi connectivity index (χ1) is 19.8. The molecule has 0 aromatic heterocycles. The van der Waals surface area contributed by atoms with Gasteiger partial charge in [-0.15, -0.1) is 23.5 Å². The summed E-state index contributed by atoms with van der Waals surface area (Å²) in [4.78, 5) is 0. The molecule has 0 amide bonds. The maximum absolute atomic E-state index is 12.0. The van der Waals surface area contributed by atoms with Crippen LogP contribution in [0.5, 0.6) is 5.75 Å². The Morgan fingerprint density at radius 3 is 2.09 bits per heavy atom. The van der Waals surface area contributed by atoms with E-state index in [-0.39, 0.29) is 33.0 Å². The number of thioether (sulfide) groups is 2. The van der Waals surface area contributed by atoms with Crippen molar-refractivity contribution in [1.82, 2.24) is 0 Å². The average Bonchev–Trinajstić information content (AvgIpc) is 2.92. The molecule has 0 aliphatic carbocycles. The molecule has 1 unspecified atom stereocenters. The van der Waals surface area contributed by atoms with Crippen LogP contribution in [0.2, 0.25) is 36.3 Å². The quantitative estimate of drug-likeness (QED) is 0.222. The van der Waals surface area contributed by atoms with Gasteiger partial charge in [0.25, 0.3) is 0 Å². The molecule has 43 heavy (non-hydrogen) atoms. The molecule has 248 valence electrons. The zero-order valence-corrected chi connectivity index (χ0v) is 32.6. The summed E-state index contributed by atoms with van der Waals surface area (Å²) in [5, 5.41) is 12.2. The van der Waals surface area contributed by atoms with Crippen LogP contribution in [0.1, 0.15) is 73.3 Å². The second-order valence-electron chi connectivity index (χ2n) is 15.4. The van der Waals surface area contributed by atoms with Crippen LogP contribution >= 0.6 is 23.5 Å². The Morgan fingerprint density at radius 1 is 0.977 bits per heavy atom. The second-order valence-corrected chi connectivity index (χ2v) is 27.8. The number of ether oxygens (including phenoxy) is 3. The Bertz CT molecular complexity index is 1000. The molecule has 0 saturated carbocycles. The first-order valence-electron chi connectivity index (χ1n) is 16.0. The van der Waals surface area contributed by atoms with E-state index in [0.717, 1.165) is 29.2 Å². The molecule has 5 atom stereocenters. The zero-order chi connectivity index (χ0) is 32.3. The van der Waals surface area contributed by atoms with Crippen LogP contribution in [0.25, 0.3) is 0 Å². The Kier molecular flexibility index (Phi) is 12.9. The Balaban J connectivity index is 1.91. The highest BCUT2D eigenvalue weighted by Crippen LogP contribution is 2.46. The van der Waals surface area contributed by atoms with Gasteiger partial charge in [-0.05, 0) is 85.2 Å². The first-order valence-corrected chi connectivity index (χ1v) is 23.9. The minimum atomic E-state index is -2.12. The van der Waals surface area contributed by atoms with E-state index < -0.39 is 28.3 Å². The fraction of sp³-hybridized carbons (Fsp3) is 0.818. The monoisotopic (exact) mass is 672 g/mol. The Morgan fingerprint density at radius 2 is 1.56 bits per heavy atom. The van der Waals surface area contributed by atoms with Crippen LogP contribution in [0.15, 0.2) is 24.3 Å². The van der Waals surface area contributed by atoms with Crippen LogP contribution in [0.4, 0.5) is 0 Å². The van der Waals surface area contributed by atoms with Gasteiger partial charge in [-0.2, -0.15) is 0 Å². The maximum Gasteiger partial charge on any atom is 0.192 e. The molecule has 0 radical (unpaired) electrons. The van der Waals surface area contributed by atoms with Crippen molar-refractivity contribution in [3.05, 3.63) is 29.8 Å². The van der Waals surface area contributed by atoms with Gasteiger partial charge in [-0.25, -0.2) is 0 Å². The van der Waals surface area contributed by atoms with Crippen molar-refractivity contribution < 1.29 is 28.2 Å². The van der Waals surface area contributed by atoms with E-state index in [2.05, 4.69) is 74.7 Å². The third-order valence-electron chi connectivity index (χ3n) is 10.1. The lowest BCUT2D eigenvalue weighted by Gasteiger charge is -2.53. The normalized spacial score (nSPS) is 27.2. The highest BCUT2D eigenvalue weighted by Gasteiger charge is 2.55. The van der Waals surface area contributed by atoms with E-state index in [1.807, 2.05) is 47.8 Å². The smallest absolute Gasteiger partial charge is 0.192 e. The number of aliphatic hydroxyl groups is 1. The average molecular weight is 673 g/mol. The third-order valence-corrected chi connectivity index (χ3v) is 22.2. The number of benzene rings is 1. The molecule has 2 saturated heterocycles. The summed E-state index contributed by atoms with van der Waals surface area (Å²) in [6.07, 6.45) is 1.22. The number of hydrogen-bond acceptors (Lipinski definition) is 8. The first kappa shape index (κ1) is 37.4. The van der Waals surface area contributed by atoms with Gasteiger partial charge in [0.15, 0.2) is 16.6 Å². The van der Waals surface area contributed by atoms with Crippen LogP contribution < -0.4 is 4.74 Å².